The maximum atomic E-state index is 13.0. The van der Waals surface area contributed by atoms with E-state index >= 15 is 0 Å². The van der Waals surface area contributed by atoms with Gasteiger partial charge in [-0.3, -0.25) is 19.8 Å². The monoisotopic (exact) mass is 1000 g/mol. The average molecular weight is 1000 g/mol. The Hall–Kier alpha value is -5.34. The number of nitrogens with zero attached hydrogens (tertiary/aromatic N) is 2. The molecule has 1 aliphatic heterocycles. The van der Waals surface area contributed by atoms with E-state index in [1.54, 1.807) is 19.9 Å². The molecule has 2 unspecified atom stereocenters. The van der Waals surface area contributed by atoms with Crippen LogP contribution < -0.4 is 30.5 Å². The lowest BCUT2D eigenvalue weighted by Gasteiger charge is -2.19. The van der Waals surface area contributed by atoms with Crippen LogP contribution in [0.5, 0.6) is 11.5 Å². The first-order valence-corrected chi connectivity index (χ1v) is 24.3. The Morgan fingerprint density at radius 1 is 0.636 bits per heavy atom. The van der Waals surface area contributed by atoms with Crippen LogP contribution in [0, 0.1) is 34.6 Å². The first kappa shape index (κ1) is 50.1. The second-order valence-corrected chi connectivity index (χ2v) is 19.3. The zero-order valence-corrected chi connectivity index (χ0v) is 41.8. The van der Waals surface area contributed by atoms with Gasteiger partial charge in [-0.2, -0.15) is 0 Å². The molecule has 1 heterocycles. The molecule has 6 aromatic carbocycles. The number of halogens is 4. The number of benzene rings is 6. The normalized spacial score (nSPS) is 13.6. The lowest BCUT2D eigenvalue weighted by atomic mass is 10.1. The highest BCUT2D eigenvalue weighted by Gasteiger charge is 2.30. The molecule has 0 radical (unpaired) electrons. The van der Waals surface area contributed by atoms with Crippen LogP contribution in [0.2, 0.25) is 20.1 Å². The van der Waals surface area contributed by atoms with Crippen molar-refractivity contribution in [3.63, 3.8) is 0 Å². The Balaban J connectivity index is 0.000000253. The number of carbonyl (C=O) groups is 3. The van der Waals surface area contributed by atoms with Gasteiger partial charge in [0, 0.05) is 14.8 Å². The van der Waals surface area contributed by atoms with Gasteiger partial charge in [0.2, 0.25) is 0 Å². The molecule has 3 amide bonds. The van der Waals surface area contributed by atoms with Gasteiger partial charge in [0.25, 0.3) is 17.7 Å². The summed E-state index contributed by atoms with van der Waals surface area (Å²) in [5.74, 6) is 1.12. The summed E-state index contributed by atoms with van der Waals surface area (Å²) in [7, 11) is 2.99. The second kappa shape index (κ2) is 22.9. The smallest absolute Gasteiger partial charge is 0.265 e. The Morgan fingerprint density at radius 3 is 1.58 bits per heavy atom. The van der Waals surface area contributed by atoms with E-state index in [0.717, 1.165) is 37.6 Å². The van der Waals surface area contributed by atoms with Crippen molar-refractivity contribution in [1.29, 1.82) is 0 Å². The van der Waals surface area contributed by atoms with Crippen LogP contribution >= 0.6 is 68.0 Å². The molecule has 1 saturated heterocycles. The molecule has 1 fully saturated rings. The molecular weight excluding hydrogens is 957 g/mol. The number of amidine groups is 1. The van der Waals surface area contributed by atoms with E-state index in [1.807, 2.05) is 132 Å². The SMILES string of the molecule is Cc1ccc(Cl)c(N=C2CC(=O)N(c3c(Cl)cc(Cl)cc3Cl)N2)c1.Cc1ccc(OC(C)C(=O)Nc2ccccc2SSc2ccccc2NC(=O)C(C)Oc2ccc(C)cc2C)c(C)c1. The Morgan fingerprint density at radius 2 is 1.09 bits per heavy atom. The van der Waals surface area contributed by atoms with Crippen molar-refractivity contribution in [2.45, 2.75) is 76.9 Å². The van der Waals surface area contributed by atoms with E-state index in [9.17, 15) is 14.4 Å². The molecule has 0 aromatic heterocycles. The third kappa shape index (κ3) is 13.4. The van der Waals surface area contributed by atoms with E-state index < -0.39 is 12.2 Å². The van der Waals surface area contributed by atoms with Gasteiger partial charge >= 0.3 is 0 Å². The summed E-state index contributed by atoms with van der Waals surface area (Å²) >= 11 is 24.4. The van der Waals surface area contributed by atoms with Crippen molar-refractivity contribution in [2.75, 3.05) is 15.6 Å². The number of hydrogen-bond donors (Lipinski definition) is 3. The average Bonchev–Trinajstić information content (AvgIpc) is 3.62. The van der Waals surface area contributed by atoms with E-state index in [4.69, 9.17) is 55.9 Å². The van der Waals surface area contributed by atoms with Crippen LogP contribution in [0.4, 0.5) is 22.7 Å². The number of anilines is 3. The van der Waals surface area contributed by atoms with Crippen LogP contribution in [-0.2, 0) is 14.4 Å². The molecule has 10 nitrogen and oxygen atoms in total. The fourth-order valence-electron chi connectivity index (χ4n) is 6.50. The quantitative estimate of drug-likeness (QED) is 0.0978. The minimum atomic E-state index is -0.680. The molecule has 342 valence electrons. The number of rotatable bonds is 13. The van der Waals surface area contributed by atoms with Gasteiger partial charge in [0.1, 0.15) is 23.0 Å². The summed E-state index contributed by atoms with van der Waals surface area (Å²) in [6.45, 7) is 13.4. The second-order valence-electron chi connectivity index (χ2n) is 15.4. The predicted octanol–water partition coefficient (Wildman–Crippen LogP) is 14.1. The molecule has 1 aliphatic rings. The topological polar surface area (TPSA) is 121 Å². The molecule has 0 spiro atoms. The van der Waals surface area contributed by atoms with Crippen molar-refractivity contribution in [3.8, 4) is 11.5 Å². The number of amides is 3. The zero-order valence-electron chi connectivity index (χ0n) is 37.1. The standard InChI is InChI=1S/C34H36N2O4S2.C16H11Cl4N3O/c1-21-15-17-29(23(3)19-21)39-25(5)33(37)35-27-11-7-9-13-31(27)41-42-32-14-10-8-12-28(32)36-34(38)26(6)40-30-18-16-22(2)20-24(30)4;1-8-2-3-10(18)13(4-8)21-14-7-15(24)23(22-14)16-11(19)5-9(17)6-12(16)20/h7-20,25-26H,1-6H3,(H,35,37)(H,36,38);2-6H,7H2,1H3,(H,21,22). The van der Waals surface area contributed by atoms with Crippen molar-refractivity contribution < 1.29 is 23.9 Å². The van der Waals surface area contributed by atoms with E-state index in [0.29, 0.717) is 50.1 Å². The number of hydrazine groups is 1. The molecular formula is C50H47Cl4N5O5S2. The Kier molecular flexibility index (Phi) is 17.4. The van der Waals surface area contributed by atoms with E-state index in [1.165, 1.54) is 38.7 Å². The van der Waals surface area contributed by atoms with Crippen LogP contribution in [0.15, 0.2) is 130 Å². The van der Waals surface area contributed by atoms with Crippen LogP contribution in [0.25, 0.3) is 0 Å². The maximum absolute atomic E-state index is 13.0. The molecule has 7 rings (SSSR count). The van der Waals surface area contributed by atoms with Crippen LogP contribution in [0.1, 0.15) is 48.1 Å². The summed E-state index contributed by atoms with van der Waals surface area (Å²) in [4.78, 5) is 44.5. The summed E-state index contributed by atoms with van der Waals surface area (Å²) in [5.41, 5.74) is 10.5. The van der Waals surface area contributed by atoms with Crippen LogP contribution in [0.3, 0.4) is 0 Å². The molecule has 66 heavy (non-hydrogen) atoms. The third-order valence-electron chi connectivity index (χ3n) is 9.89. The summed E-state index contributed by atoms with van der Waals surface area (Å²) in [5, 5.41) is 8.71. The Bertz CT molecular complexity index is 2670. The number of aliphatic imine (C=N–C) groups is 1. The van der Waals surface area contributed by atoms with Gasteiger partial charge in [-0.25, -0.2) is 10.0 Å². The van der Waals surface area contributed by atoms with Gasteiger partial charge in [0.15, 0.2) is 12.2 Å². The molecule has 0 bridgehead atoms. The van der Waals surface area contributed by atoms with Crippen molar-refractivity contribution in [3.05, 3.63) is 163 Å². The minimum Gasteiger partial charge on any atom is -0.481 e. The Labute approximate surface area is 413 Å². The van der Waals surface area contributed by atoms with Gasteiger partial charge in [-0.1, -0.05) is 134 Å². The van der Waals surface area contributed by atoms with Gasteiger partial charge in [-0.05, 0) is 126 Å². The van der Waals surface area contributed by atoms with Crippen molar-refractivity contribution in [1.82, 2.24) is 5.43 Å². The fraction of sp³-hybridized carbons (Fsp3) is 0.200. The highest BCUT2D eigenvalue weighted by Crippen LogP contribution is 2.44. The number of para-hydroxylation sites is 2. The predicted molar refractivity (Wildman–Crippen MR) is 274 cm³/mol. The number of carbonyl (C=O) groups excluding carboxylic acids is 3. The van der Waals surface area contributed by atoms with Gasteiger partial charge in [-0.15, -0.1) is 0 Å². The molecule has 3 N–H and O–H groups in total. The zero-order chi connectivity index (χ0) is 47.7. The number of ether oxygens (including phenoxy) is 2. The molecule has 16 heteroatoms. The molecule has 0 aliphatic carbocycles. The van der Waals surface area contributed by atoms with Crippen LogP contribution in [-0.4, -0.2) is 35.8 Å². The third-order valence-corrected chi connectivity index (χ3v) is 13.5. The largest absolute Gasteiger partial charge is 0.481 e. The summed E-state index contributed by atoms with van der Waals surface area (Å²) < 4.78 is 11.9. The van der Waals surface area contributed by atoms with Gasteiger partial charge in [0.05, 0.1) is 38.6 Å². The van der Waals surface area contributed by atoms with Crippen molar-refractivity contribution >= 4 is 114 Å². The maximum Gasteiger partial charge on any atom is 0.265 e. The fourth-order valence-corrected chi connectivity index (χ4v) is 9.92. The summed E-state index contributed by atoms with van der Waals surface area (Å²) in [6, 6.07) is 35.5. The molecule has 6 aromatic rings. The highest BCUT2D eigenvalue weighted by atomic mass is 35.5. The number of nitrogens with one attached hydrogen (secondary N) is 3. The number of hydrogen-bond acceptors (Lipinski definition) is 8. The van der Waals surface area contributed by atoms with E-state index in [-0.39, 0.29) is 34.2 Å². The first-order valence-electron chi connectivity index (χ1n) is 20.7. The first-order chi connectivity index (χ1) is 31.4. The summed E-state index contributed by atoms with van der Waals surface area (Å²) in [6.07, 6.45) is -1.28. The lowest BCUT2D eigenvalue weighted by Crippen LogP contribution is -2.36. The van der Waals surface area contributed by atoms with Crippen molar-refractivity contribution in [2.24, 2.45) is 4.99 Å². The number of aryl methyl sites for hydroxylation is 5. The van der Waals surface area contributed by atoms with E-state index in [2.05, 4.69) is 21.1 Å². The molecule has 2 atom stereocenters. The minimum absolute atomic E-state index is 0.0829. The molecule has 0 saturated carbocycles. The lowest BCUT2D eigenvalue weighted by molar-refractivity contribution is -0.122. The van der Waals surface area contributed by atoms with Gasteiger partial charge < -0.3 is 20.1 Å². The highest BCUT2D eigenvalue weighted by molar-refractivity contribution is 8.76.